The topological polar surface area (TPSA) is 15.3 Å². The summed E-state index contributed by atoms with van der Waals surface area (Å²) >= 11 is 0. The SMILES string of the molecule is CCCCCN/C=C(\C=C(/C)CC)c1ccc2c(c1)CC(C)CN2C. The van der Waals surface area contributed by atoms with Crippen LogP contribution in [0.15, 0.2) is 36.0 Å². The van der Waals surface area contributed by atoms with Gasteiger partial charge in [0.15, 0.2) is 0 Å². The fourth-order valence-electron chi connectivity index (χ4n) is 3.54. The van der Waals surface area contributed by atoms with E-state index in [1.54, 1.807) is 0 Å². The van der Waals surface area contributed by atoms with E-state index >= 15 is 0 Å². The van der Waals surface area contributed by atoms with Gasteiger partial charge in [0.1, 0.15) is 0 Å². The summed E-state index contributed by atoms with van der Waals surface area (Å²) in [6.45, 7) is 11.3. The quantitative estimate of drug-likeness (QED) is 0.476. The van der Waals surface area contributed by atoms with E-state index in [-0.39, 0.29) is 0 Å². The lowest BCUT2D eigenvalue weighted by Crippen LogP contribution is -2.30. The number of nitrogens with zero attached hydrogens (tertiary/aromatic N) is 1. The van der Waals surface area contributed by atoms with Crippen LogP contribution in [0.5, 0.6) is 0 Å². The minimum atomic E-state index is 0.722. The Kier molecular flexibility index (Phi) is 7.61. The summed E-state index contributed by atoms with van der Waals surface area (Å²) in [5.74, 6) is 0.722. The average Bonchev–Trinajstić information content (AvgIpc) is 2.59. The van der Waals surface area contributed by atoms with Crippen LogP contribution in [0.2, 0.25) is 0 Å². The van der Waals surface area contributed by atoms with Crippen molar-refractivity contribution in [3.8, 4) is 0 Å². The van der Waals surface area contributed by atoms with Crippen LogP contribution in [0, 0.1) is 5.92 Å². The van der Waals surface area contributed by atoms with Gasteiger partial charge >= 0.3 is 0 Å². The number of hydrogen-bond donors (Lipinski definition) is 1. The van der Waals surface area contributed by atoms with Crippen molar-refractivity contribution in [2.75, 3.05) is 25.0 Å². The maximum atomic E-state index is 3.53. The highest BCUT2D eigenvalue weighted by Gasteiger charge is 2.19. The number of nitrogens with one attached hydrogen (secondary N) is 1. The molecule has 0 aliphatic carbocycles. The Morgan fingerprint density at radius 3 is 2.80 bits per heavy atom. The van der Waals surface area contributed by atoms with Crippen LogP contribution in [-0.4, -0.2) is 20.1 Å². The Hall–Kier alpha value is -1.70. The molecule has 1 unspecified atom stereocenters. The molecule has 1 N–H and O–H groups in total. The number of anilines is 1. The Bertz CT molecular complexity index is 613. The van der Waals surface area contributed by atoms with Gasteiger partial charge < -0.3 is 10.2 Å². The number of rotatable bonds is 8. The van der Waals surface area contributed by atoms with Crippen molar-refractivity contribution in [2.24, 2.45) is 5.92 Å². The molecule has 0 amide bonds. The molecule has 25 heavy (non-hydrogen) atoms. The third-order valence-electron chi connectivity index (χ3n) is 5.12. The highest BCUT2D eigenvalue weighted by Crippen LogP contribution is 2.31. The highest BCUT2D eigenvalue weighted by atomic mass is 15.1. The third kappa shape index (κ3) is 5.66. The second kappa shape index (κ2) is 9.70. The van der Waals surface area contributed by atoms with E-state index in [9.17, 15) is 0 Å². The summed E-state index contributed by atoms with van der Waals surface area (Å²) < 4.78 is 0. The van der Waals surface area contributed by atoms with Gasteiger partial charge in [-0.1, -0.05) is 51.3 Å². The predicted octanol–water partition coefficient (Wildman–Crippen LogP) is 5.79. The Morgan fingerprint density at radius 2 is 2.08 bits per heavy atom. The highest BCUT2D eigenvalue weighted by molar-refractivity contribution is 5.76. The van der Waals surface area contributed by atoms with Crippen LogP contribution in [0.25, 0.3) is 5.57 Å². The first kappa shape index (κ1) is 19.6. The maximum absolute atomic E-state index is 3.53. The van der Waals surface area contributed by atoms with Crippen molar-refractivity contribution >= 4 is 11.3 Å². The zero-order chi connectivity index (χ0) is 18.2. The van der Waals surface area contributed by atoms with Crippen molar-refractivity contribution in [1.29, 1.82) is 0 Å². The van der Waals surface area contributed by atoms with Crippen molar-refractivity contribution in [1.82, 2.24) is 5.32 Å². The molecule has 0 bridgehead atoms. The number of fused-ring (bicyclic) bond motifs is 1. The lowest BCUT2D eigenvalue weighted by molar-refractivity contribution is 0.551. The zero-order valence-corrected chi connectivity index (χ0v) is 16.9. The first-order chi connectivity index (χ1) is 12.0. The van der Waals surface area contributed by atoms with Gasteiger partial charge in [-0.15, -0.1) is 0 Å². The second-order valence-electron chi connectivity index (χ2n) is 7.64. The third-order valence-corrected chi connectivity index (χ3v) is 5.12. The standard InChI is InChI=1S/C23H36N2/c1-6-8-9-12-24-16-22(13-18(3)7-2)20-10-11-23-21(15-20)14-19(4)17-25(23)5/h10-11,13,15-16,19,24H,6-9,12,14,17H2,1-5H3/b18-13+,22-16+. The molecule has 1 aromatic rings. The van der Waals surface area contributed by atoms with Crippen molar-refractivity contribution in [3.05, 3.63) is 47.2 Å². The lowest BCUT2D eigenvalue weighted by atomic mass is 9.91. The zero-order valence-electron chi connectivity index (χ0n) is 16.9. The van der Waals surface area contributed by atoms with Crippen LogP contribution in [0.4, 0.5) is 5.69 Å². The van der Waals surface area contributed by atoms with Crippen LogP contribution >= 0.6 is 0 Å². The van der Waals surface area contributed by atoms with Gasteiger partial charge in [0.2, 0.25) is 0 Å². The van der Waals surface area contributed by atoms with Gasteiger partial charge in [-0.2, -0.15) is 0 Å². The summed E-state index contributed by atoms with van der Waals surface area (Å²) in [6.07, 6.45) is 10.6. The molecule has 2 nitrogen and oxygen atoms in total. The largest absolute Gasteiger partial charge is 0.390 e. The molecule has 1 aliphatic rings. The minimum absolute atomic E-state index is 0.722. The van der Waals surface area contributed by atoms with E-state index < -0.39 is 0 Å². The first-order valence-corrected chi connectivity index (χ1v) is 10.00. The molecule has 0 spiro atoms. The van der Waals surface area contributed by atoms with E-state index in [2.05, 4.69) is 75.4 Å². The Labute approximate surface area is 155 Å². The van der Waals surface area contributed by atoms with Gasteiger partial charge in [0, 0.05) is 32.0 Å². The normalized spacial score (nSPS) is 18.3. The van der Waals surface area contributed by atoms with E-state index in [1.807, 2.05) is 0 Å². The molecule has 1 aliphatic heterocycles. The average molecular weight is 341 g/mol. The summed E-state index contributed by atoms with van der Waals surface area (Å²) in [4.78, 5) is 2.40. The molecule has 1 heterocycles. The van der Waals surface area contributed by atoms with Crippen molar-refractivity contribution in [2.45, 2.75) is 59.8 Å². The van der Waals surface area contributed by atoms with Gasteiger partial charge in [0.05, 0.1) is 0 Å². The maximum Gasteiger partial charge on any atom is 0.0396 e. The van der Waals surface area contributed by atoms with Crippen molar-refractivity contribution in [3.63, 3.8) is 0 Å². The van der Waals surface area contributed by atoms with Gasteiger partial charge in [-0.05, 0) is 60.9 Å². The number of unbranched alkanes of at least 4 members (excludes halogenated alkanes) is 2. The number of allylic oxidation sites excluding steroid dienone is 3. The molecular formula is C23H36N2. The summed E-state index contributed by atoms with van der Waals surface area (Å²) in [5, 5.41) is 3.53. The molecule has 0 saturated heterocycles. The van der Waals surface area contributed by atoms with Gasteiger partial charge in [0.25, 0.3) is 0 Å². The fraction of sp³-hybridized carbons (Fsp3) is 0.565. The molecular weight excluding hydrogens is 304 g/mol. The van der Waals surface area contributed by atoms with Crippen molar-refractivity contribution < 1.29 is 0 Å². The summed E-state index contributed by atoms with van der Waals surface area (Å²) in [7, 11) is 2.21. The Balaban J connectivity index is 2.24. The van der Waals surface area contributed by atoms with E-state index in [0.717, 1.165) is 25.4 Å². The molecule has 1 aromatic carbocycles. The predicted molar refractivity (Wildman–Crippen MR) is 112 cm³/mol. The Morgan fingerprint density at radius 1 is 1.28 bits per heavy atom. The second-order valence-corrected chi connectivity index (χ2v) is 7.64. The molecule has 0 fully saturated rings. The summed E-state index contributed by atoms with van der Waals surface area (Å²) in [6, 6.07) is 6.99. The number of benzene rings is 1. The van der Waals surface area contributed by atoms with E-state index in [0.29, 0.717) is 0 Å². The molecule has 0 aromatic heterocycles. The van der Waals surface area contributed by atoms with Crippen LogP contribution in [0.3, 0.4) is 0 Å². The van der Waals surface area contributed by atoms with E-state index in [1.165, 1.54) is 53.6 Å². The van der Waals surface area contributed by atoms with E-state index in [4.69, 9.17) is 0 Å². The molecule has 2 heteroatoms. The first-order valence-electron chi connectivity index (χ1n) is 10.00. The fourth-order valence-corrected chi connectivity index (χ4v) is 3.54. The molecule has 138 valence electrons. The van der Waals surface area contributed by atoms with Crippen LogP contribution < -0.4 is 10.2 Å². The molecule has 1 atom stereocenters. The minimum Gasteiger partial charge on any atom is -0.390 e. The van der Waals surface area contributed by atoms with Gasteiger partial charge in [-0.3, -0.25) is 0 Å². The number of hydrogen-bond acceptors (Lipinski definition) is 2. The smallest absolute Gasteiger partial charge is 0.0396 e. The summed E-state index contributed by atoms with van der Waals surface area (Å²) in [5.41, 5.74) is 6.94. The van der Waals surface area contributed by atoms with Crippen LogP contribution in [0.1, 0.15) is 64.5 Å². The van der Waals surface area contributed by atoms with Gasteiger partial charge in [-0.25, -0.2) is 0 Å². The molecule has 2 rings (SSSR count). The molecule has 0 saturated carbocycles. The molecule has 0 radical (unpaired) electrons. The monoisotopic (exact) mass is 340 g/mol. The lowest BCUT2D eigenvalue weighted by Gasteiger charge is -2.32. The van der Waals surface area contributed by atoms with Crippen LogP contribution in [-0.2, 0) is 6.42 Å².